The van der Waals surface area contributed by atoms with Gasteiger partial charge in [-0.2, -0.15) is 0 Å². The summed E-state index contributed by atoms with van der Waals surface area (Å²) >= 11 is 0. The Morgan fingerprint density at radius 2 is 1.86 bits per heavy atom. The molecule has 22 heavy (non-hydrogen) atoms. The minimum Gasteiger partial charge on any atom is -0.444 e. The van der Waals surface area contributed by atoms with Gasteiger partial charge in [0.2, 0.25) is 0 Å². The van der Waals surface area contributed by atoms with Crippen LogP contribution in [-0.4, -0.2) is 28.2 Å². The van der Waals surface area contributed by atoms with Crippen LogP contribution in [0.2, 0.25) is 0 Å². The van der Waals surface area contributed by atoms with Crippen molar-refractivity contribution >= 4 is 6.09 Å². The topological polar surface area (TPSA) is 55.6 Å². The van der Waals surface area contributed by atoms with Crippen LogP contribution in [-0.2, 0) is 4.74 Å². The highest BCUT2D eigenvalue weighted by Gasteiger charge is 2.58. The van der Waals surface area contributed by atoms with Gasteiger partial charge >= 0.3 is 6.09 Å². The smallest absolute Gasteiger partial charge is 0.411 e. The molecule has 2 bridgehead atoms. The molecule has 2 heterocycles. The zero-order valence-corrected chi connectivity index (χ0v) is 13.7. The molecule has 0 radical (unpaired) electrons. The van der Waals surface area contributed by atoms with E-state index in [0.717, 1.165) is 31.2 Å². The van der Waals surface area contributed by atoms with Crippen molar-refractivity contribution in [2.24, 2.45) is 5.73 Å². The first-order valence-corrected chi connectivity index (χ1v) is 8.16. The van der Waals surface area contributed by atoms with Crippen molar-refractivity contribution in [3.63, 3.8) is 0 Å². The van der Waals surface area contributed by atoms with Crippen LogP contribution >= 0.6 is 0 Å². The van der Waals surface area contributed by atoms with Crippen LogP contribution in [0.15, 0.2) is 30.3 Å². The maximum absolute atomic E-state index is 12.7. The lowest BCUT2D eigenvalue weighted by Gasteiger charge is -2.40. The predicted molar refractivity (Wildman–Crippen MR) is 86.4 cm³/mol. The summed E-state index contributed by atoms with van der Waals surface area (Å²) in [5.41, 5.74) is 6.95. The maximum atomic E-state index is 12.7. The van der Waals surface area contributed by atoms with E-state index in [0.29, 0.717) is 0 Å². The number of hydrogen-bond donors (Lipinski definition) is 1. The SMILES string of the molecule is CC(C)(C)OC(=O)N1C2CCC1(C(N)c1ccccc1)CC2. The van der Waals surface area contributed by atoms with E-state index in [1.807, 2.05) is 43.9 Å². The monoisotopic (exact) mass is 302 g/mol. The molecule has 0 aliphatic carbocycles. The highest BCUT2D eigenvalue weighted by Crippen LogP contribution is 2.52. The summed E-state index contributed by atoms with van der Waals surface area (Å²) in [6.45, 7) is 5.73. The van der Waals surface area contributed by atoms with Crippen molar-refractivity contribution in [2.45, 2.75) is 69.7 Å². The van der Waals surface area contributed by atoms with Crippen LogP contribution in [0, 0.1) is 0 Å². The summed E-state index contributed by atoms with van der Waals surface area (Å²) in [4.78, 5) is 14.7. The number of nitrogens with zero attached hydrogens (tertiary/aromatic N) is 1. The molecule has 1 aromatic rings. The van der Waals surface area contributed by atoms with Crippen LogP contribution in [0.25, 0.3) is 0 Å². The first-order valence-electron chi connectivity index (χ1n) is 8.16. The maximum Gasteiger partial charge on any atom is 0.411 e. The van der Waals surface area contributed by atoms with Gasteiger partial charge in [-0.1, -0.05) is 30.3 Å². The van der Waals surface area contributed by atoms with Crippen molar-refractivity contribution in [3.8, 4) is 0 Å². The van der Waals surface area contributed by atoms with Crippen LogP contribution in [0.5, 0.6) is 0 Å². The number of amides is 1. The molecule has 2 aliphatic heterocycles. The molecular formula is C18H26N2O2. The largest absolute Gasteiger partial charge is 0.444 e. The lowest BCUT2D eigenvalue weighted by Crippen LogP contribution is -2.53. The van der Waals surface area contributed by atoms with Gasteiger partial charge < -0.3 is 10.5 Å². The fraction of sp³-hybridized carbons (Fsp3) is 0.611. The van der Waals surface area contributed by atoms with E-state index in [-0.39, 0.29) is 23.7 Å². The number of carbonyl (C=O) groups excluding carboxylic acids is 1. The Balaban J connectivity index is 1.89. The van der Waals surface area contributed by atoms with E-state index in [2.05, 4.69) is 12.1 Å². The Bertz CT molecular complexity index is 542. The molecule has 0 spiro atoms. The van der Waals surface area contributed by atoms with Gasteiger partial charge in [-0.05, 0) is 52.0 Å². The number of rotatable bonds is 2. The Hall–Kier alpha value is -1.55. The van der Waals surface area contributed by atoms with E-state index >= 15 is 0 Å². The molecule has 2 saturated heterocycles. The Morgan fingerprint density at radius 3 is 2.41 bits per heavy atom. The van der Waals surface area contributed by atoms with Gasteiger partial charge in [-0.25, -0.2) is 4.79 Å². The van der Waals surface area contributed by atoms with Crippen molar-refractivity contribution in [2.75, 3.05) is 0 Å². The molecule has 1 atom stereocenters. The summed E-state index contributed by atoms with van der Waals surface area (Å²) in [5, 5.41) is 0. The van der Waals surface area contributed by atoms with Crippen molar-refractivity contribution in [1.29, 1.82) is 0 Å². The normalized spacial score (nSPS) is 28.7. The number of benzene rings is 1. The van der Waals surface area contributed by atoms with E-state index in [9.17, 15) is 4.79 Å². The third kappa shape index (κ3) is 2.50. The van der Waals surface area contributed by atoms with Gasteiger partial charge in [0.25, 0.3) is 0 Å². The molecule has 1 aromatic carbocycles. The third-order valence-corrected chi connectivity index (χ3v) is 4.99. The summed E-state index contributed by atoms with van der Waals surface area (Å²) in [6.07, 6.45) is 3.78. The van der Waals surface area contributed by atoms with Crippen LogP contribution in [0.1, 0.15) is 58.1 Å². The van der Waals surface area contributed by atoms with Gasteiger partial charge in [-0.3, -0.25) is 4.90 Å². The number of nitrogens with two attached hydrogens (primary N) is 1. The van der Waals surface area contributed by atoms with Crippen molar-refractivity contribution in [3.05, 3.63) is 35.9 Å². The number of hydrogen-bond acceptors (Lipinski definition) is 3. The van der Waals surface area contributed by atoms with Crippen LogP contribution < -0.4 is 5.73 Å². The summed E-state index contributed by atoms with van der Waals surface area (Å²) in [6, 6.07) is 10.2. The van der Waals surface area contributed by atoms with E-state index in [1.165, 1.54) is 0 Å². The molecule has 2 N–H and O–H groups in total. The molecule has 4 nitrogen and oxygen atoms in total. The van der Waals surface area contributed by atoms with Crippen molar-refractivity contribution in [1.82, 2.24) is 4.90 Å². The first-order chi connectivity index (χ1) is 10.3. The summed E-state index contributed by atoms with van der Waals surface area (Å²) in [7, 11) is 0. The average Bonchev–Trinajstić information content (AvgIpc) is 3.02. The zero-order valence-electron chi connectivity index (χ0n) is 13.7. The molecular weight excluding hydrogens is 276 g/mol. The minimum atomic E-state index is -0.475. The second-order valence-corrected chi connectivity index (χ2v) is 7.57. The van der Waals surface area contributed by atoms with Crippen LogP contribution in [0.3, 0.4) is 0 Å². The average molecular weight is 302 g/mol. The van der Waals surface area contributed by atoms with Gasteiger partial charge in [0.15, 0.2) is 0 Å². The standard InChI is InChI=1S/C18H26N2O2/c1-17(2,3)22-16(21)20-14-9-11-18(20,12-10-14)15(19)13-7-5-4-6-8-13/h4-8,14-15H,9-12,19H2,1-3H3. The van der Waals surface area contributed by atoms with E-state index in [4.69, 9.17) is 10.5 Å². The zero-order chi connectivity index (χ0) is 16.0. The fourth-order valence-corrected chi connectivity index (χ4v) is 4.04. The highest BCUT2D eigenvalue weighted by molar-refractivity contribution is 5.71. The van der Waals surface area contributed by atoms with Gasteiger partial charge in [0, 0.05) is 6.04 Å². The number of ether oxygens (including phenoxy) is 1. The molecule has 2 fully saturated rings. The molecule has 0 saturated carbocycles. The number of carbonyl (C=O) groups is 1. The first kappa shape index (κ1) is 15.3. The lowest BCUT2D eigenvalue weighted by atomic mass is 9.79. The predicted octanol–water partition coefficient (Wildman–Crippen LogP) is 3.62. The van der Waals surface area contributed by atoms with Crippen LogP contribution in [0.4, 0.5) is 4.79 Å². The molecule has 0 aromatic heterocycles. The Kier molecular flexibility index (Phi) is 3.68. The minimum absolute atomic E-state index is 0.159. The molecule has 120 valence electrons. The fourth-order valence-electron chi connectivity index (χ4n) is 4.04. The third-order valence-electron chi connectivity index (χ3n) is 4.99. The molecule has 3 rings (SSSR count). The van der Waals surface area contributed by atoms with Crippen molar-refractivity contribution < 1.29 is 9.53 Å². The highest BCUT2D eigenvalue weighted by atomic mass is 16.6. The molecule has 1 amide bonds. The summed E-state index contributed by atoms with van der Waals surface area (Å²) < 4.78 is 5.64. The van der Waals surface area contributed by atoms with Gasteiger partial charge in [-0.15, -0.1) is 0 Å². The van der Waals surface area contributed by atoms with Gasteiger partial charge in [0.1, 0.15) is 5.60 Å². The second kappa shape index (κ2) is 5.27. The number of fused-ring (bicyclic) bond motifs is 2. The Morgan fingerprint density at radius 1 is 1.27 bits per heavy atom. The molecule has 4 heteroatoms. The quantitative estimate of drug-likeness (QED) is 0.908. The second-order valence-electron chi connectivity index (χ2n) is 7.57. The van der Waals surface area contributed by atoms with E-state index in [1.54, 1.807) is 0 Å². The lowest BCUT2D eigenvalue weighted by molar-refractivity contribution is 0.00521. The van der Waals surface area contributed by atoms with E-state index < -0.39 is 5.60 Å². The summed E-state index contributed by atoms with van der Waals surface area (Å²) in [5.74, 6) is 0. The Labute approximate surface area is 132 Å². The van der Waals surface area contributed by atoms with Gasteiger partial charge in [0.05, 0.1) is 11.6 Å². The molecule has 1 unspecified atom stereocenters. The molecule has 2 aliphatic rings.